The first-order valence-electron chi connectivity index (χ1n) is 8.06. The molecule has 142 valence electrons. The highest BCUT2D eigenvalue weighted by Crippen LogP contribution is 2.41. The van der Waals surface area contributed by atoms with Crippen molar-refractivity contribution in [2.45, 2.75) is 26.4 Å². The van der Waals surface area contributed by atoms with Crippen LogP contribution >= 0.6 is 0 Å². The van der Waals surface area contributed by atoms with Gasteiger partial charge in [-0.3, -0.25) is 9.59 Å². The summed E-state index contributed by atoms with van der Waals surface area (Å²) in [5.74, 6) is -2.20. The summed E-state index contributed by atoms with van der Waals surface area (Å²) in [6.07, 6.45) is 1.28. The number of hydrogen-bond acceptors (Lipinski definition) is 5. The minimum Gasteiger partial charge on any atom is -0.469 e. The van der Waals surface area contributed by atoms with Crippen molar-refractivity contribution in [1.82, 2.24) is 4.90 Å². The highest BCUT2D eigenvalue weighted by molar-refractivity contribution is 5.97. The second-order valence-corrected chi connectivity index (χ2v) is 6.24. The lowest BCUT2D eigenvalue weighted by molar-refractivity contribution is -0.140. The summed E-state index contributed by atoms with van der Waals surface area (Å²) < 4.78 is 50.4. The maximum absolute atomic E-state index is 13.5. The molecule has 2 aliphatic rings. The molecule has 0 spiro atoms. The van der Waals surface area contributed by atoms with Crippen LogP contribution in [0.2, 0.25) is 0 Å². The van der Waals surface area contributed by atoms with E-state index in [2.05, 4.69) is 4.74 Å². The number of ketones is 1. The Labute approximate surface area is 149 Å². The molecule has 2 rings (SSSR count). The Morgan fingerprint density at radius 1 is 1.35 bits per heavy atom. The van der Waals surface area contributed by atoms with E-state index in [0.717, 1.165) is 12.2 Å². The molecule has 0 aromatic carbocycles. The molecule has 1 heterocycles. The Balaban J connectivity index is 2.43. The molecule has 0 amide bonds. The summed E-state index contributed by atoms with van der Waals surface area (Å²) in [7, 11) is 1.26. The number of ether oxygens (including phenoxy) is 2. The molecule has 0 fully saturated rings. The van der Waals surface area contributed by atoms with E-state index < -0.39 is 29.4 Å². The first-order chi connectivity index (χ1) is 12.1. The lowest BCUT2D eigenvalue weighted by Crippen LogP contribution is -2.31. The Morgan fingerprint density at radius 3 is 2.62 bits per heavy atom. The maximum atomic E-state index is 13.5. The molecule has 0 radical (unpaired) electrons. The number of hydrogen-bond donors (Lipinski definition) is 0. The van der Waals surface area contributed by atoms with Gasteiger partial charge in [-0.05, 0) is 18.1 Å². The second kappa shape index (κ2) is 7.80. The fourth-order valence-electron chi connectivity index (χ4n) is 2.86. The predicted molar refractivity (Wildman–Crippen MR) is 87.2 cm³/mol. The summed E-state index contributed by atoms with van der Waals surface area (Å²) in [6, 6.07) is 0. The van der Waals surface area contributed by atoms with Gasteiger partial charge in [0, 0.05) is 24.5 Å². The van der Waals surface area contributed by atoms with E-state index in [4.69, 9.17) is 4.74 Å². The Kier molecular flexibility index (Phi) is 5.94. The van der Waals surface area contributed by atoms with Gasteiger partial charge < -0.3 is 14.4 Å². The van der Waals surface area contributed by atoms with E-state index in [1.165, 1.54) is 30.7 Å². The molecule has 0 bridgehead atoms. The van der Waals surface area contributed by atoms with Crippen molar-refractivity contribution in [3.05, 3.63) is 47.7 Å². The Hall–Kier alpha value is -2.51. The van der Waals surface area contributed by atoms with Crippen LogP contribution in [0, 0.1) is 11.8 Å². The fourth-order valence-corrected chi connectivity index (χ4v) is 2.86. The van der Waals surface area contributed by atoms with Crippen molar-refractivity contribution < 1.29 is 32.2 Å². The van der Waals surface area contributed by atoms with Gasteiger partial charge in [0.1, 0.15) is 12.0 Å². The molecule has 0 aromatic rings. The van der Waals surface area contributed by atoms with Gasteiger partial charge in [-0.25, -0.2) is 0 Å². The number of rotatable bonds is 5. The van der Waals surface area contributed by atoms with Crippen LogP contribution < -0.4 is 0 Å². The van der Waals surface area contributed by atoms with Gasteiger partial charge in [0.05, 0.1) is 25.0 Å². The number of allylic oxidation sites excluding steroid dienone is 4. The largest absolute Gasteiger partial charge is 0.469 e. The van der Waals surface area contributed by atoms with Crippen molar-refractivity contribution in [2.75, 3.05) is 13.7 Å². The summed E-state index contributed by atoms with van der Waals surface area (Å²) in [5, 5.41) is 0. The molecule has 1 aliphatic carbocycles. The average molecular weight is 371 g/mol. The number of nitrogens with zero attached hydrogens (tertiary/aromatic N) is 1. The van der Waals surface area contributed by atoms with Crippen LogP contribution in [-0.4, -0.2) is 36.5 Å². The number of methoxy groups -OCH3 is 1. The normalized spacial score (nSPS) is 20.4. The molecule has 1 atom stereocenters. The lowest BCUT2D eigenvalue weighted by atomic mass is 9.78. The molecule has 0 saturated carbocycles. The third-order valence-electron chi connectivity index (χ3n) is 4.09. The molecule has 0 saturated heterocycles. The SMILES string of the molecule is COC(=O)CCN1C=COC(C2=C(C(F)(F)F)C=CC(=O)C2C(C)C)=C1. The zero-order valence-electron chi connectivity index (χ0n) is 14.7. The third kappa shape index (κ3) is 4.36. The molecule has 26 heavy (non-hydrogen) atoms. The van der Waals surface area contributed by atoms with Crippen LogP contribution in [-0.2, 0) is 19.1 Å². The molecule has 5 nitrogen and oxygen atoms in total. The lowest BCUT2D eigenvalue weighted by Gasteiger charge is -2.31. The van der Waals surface area contributed by atoms with Crippen molar-refractivity contribution >= 4 is 11.8 Å². The number of carbonyl (C=O) groups is 2. The molecule has 0 N–H and O–H groups in total. The molecule has 1 aliphatic heterocycles. The van der Waals surface area contributed by atoms with Crippen molar-refractivity contribution in [1.29, 1.82) is 0 Å². The second-order valence-electron chi connectivity index (χ2n) is 6.24. The molecule has 0 aromatic heterocycles. The zero-order chi connectivity index (χ0) is 19.5. The van der Waals surface area contributed by atoms with E-state index in [9.17, 15) is 22.8 Å². The van der Waals surface area contributed by atoms with Crippen LogP contribution in [0.15, 0.2) is 47.7 Å². The minimum atomic E-state index is -4.62. The van der Waals surface area contributed by atoms with Crippen molar-refractivity contribution in [2.24, 2.45) is 11.8 Å². The third-order valence-corrected chi connectivity index (χ3v) is 4.09. The van der Waals surface area contributed by atoms with E-state index in [0.29, 0.717) is 0 Å². The Bertz CT molecular complexity index is 702. The number of halogens is 3. The maximum Gasteiger partial charge on any atom is 0.416 e. The fraction of sp³-hybridized carbons (Fsp3) is 0.444. The highest BCUT2D eigenvalue weighted by Gasteiger charge is 2.43. The van der Waals surface area contributed by atoms with Crippen molar-refractivity contribution in [3.63, 3.8) is 0 Å². The molecule has 1 unspecified atom stereocenters. The van der Waals surface area contributed by atoms with Gasteiger partial charge in [-0.1, -0.05) is 13.8 Å². The topological polar surface area (TPSA) is 55.8 Å². The summed E-state index contributed by atoms with van der Waals surface area (Å²) >= 11 is 0. The van der Waals surface area contributed by atoms with Gasteiger partial charge in [0.25, 0.3) is 0 Å². The van der Waals surface area contributed by atoms with Crippen LogP contribution in [0.1, 0.15) is 20.3 Å². The van der Waals surface area contributed by atoms with Crippen LogP contribution in [0.25, 0.3) is 0 Å². The van der Waals surface area contributed by atoms with E-state index >= 15 is 0 Å². The number of alkyl halides is 3. The van der Waals surface area contributed by atoms with E-state index in [-0.39, 0.29) is 30.2 Å². The average Bonchev–Trinajstić information content (AvgIpc) is 2.58. The van der Waals surface area contributed by atoms with Crippen LogP contribution in [0.3, 0.4) is 0 Å². The first-order valence-corrected chi connectivity index (χ1v) is 8.06. The summed E-state index contributed by atoms with van der Waals surface area (Å²) in [4.78, 5) is 25.0. The standard InChI is InChI=1S/C18H20F3NO4/c1-11(2)16-13(23)5-4-12(18(19,20)21)17(16)14-10-22(8-9-26-14)7-6-15(24)25-3/h4-5,8-11,16H,6-7H2,1-3H3. The predicted octanol–water partition coefficient (Wildman–Crippen LogP) is 3.46. The van der Waals surface area contributed by atoms with Crippen LogP contribution in [0.5, 0.6) is 0 Å². The Morgan fingerprint density at radius 2 is 2.04 bits per heavy atom. The smallest absolute Gasteiger partial charge is 0.416 e. The van der Waals surface area contributed by atoms with Crippen molar-refractivity contribution in [3.8, 4) is 0 Å². The number of carbonyl (C=O) groups excluding carboxylic acids is 2. The first kappa shape index (κ1) is 19.8. The van der Waals surface area contributed by atoms with Gasteiger partial charge >= 0.3 is 12.1 Å². The highest BCUT2D eigenvalue weighted by atomic mass is 19.4. The molecule has 8 heteroatoms. The van der Waals surface area contributed by atoms with Crippen LogP contribution in [0.4, 0.5) is 13.2 Å². The van der Waals surface area contributed by atoms with Gasteiger partial charge in [-0.15, -0.1) is 0 Å². The quantitative estimate of drug-likeness (QED) is 0.693. The van der Waals surface area contributed by atoms with Gasteiger partial charge in [-0.2, -0.15) is 13.2 Å². The van der Waals surface area contributed by atoms with Gasteiger partial charge in [0.2, 0.25) is 0 Å². The van der Waals surface area contributed by atoms with E-state index in [1.807, 2.05) is 0 Å². The number of esters is 1. The zero-order valence-corrected chi connectivity index (χ0v) is 14.7. The molecular weight excluding hydrogens is 351 g/mol. The summed E-state index contributed by atoms with van der Waals surface area (Å²) in [6.45, 7) is 3.58. The summed E-state index contributed by atoms with van der Waals surface area (Å²) in [5.41, 5.74) is -1.09. The monoisotopic (exact) mass is 371 g/mol. The van der Waals surface area contributed by atoms with Gasteiger partial charge in [0.15, 0.2) is 5.78 Å². The molecular formula is C18H20F3NO4. The van der Waals surface area contributed by atoms with E-state index in [1.54, 1.807) is 13.8 Å². The minimum absolute atomic E-state index is 0.0545.